The van der Waals surface area contributed by atoms with Gasteiger partial charge in [0.2, 0.25) is 5.91 Å². The molecule has 0 aromatic heterocycles. The molecule has 1 heterocycles. The Morgan fingerprint density at radius 2 is 2.05 bits per heavy atom. The molecule has 4 nitrogen and oxygen atoms in total. The van der Waals surface area contributed by atoms with Crippen LogP contribution in [0.2, 0.25) is 0 Å². The summed E-state index contributed by atoms with van der Waals surface area (Å²) >= 11 is 0. The van der Waals surface area contributed by atoms with Gasteiger partial charge in [0.1, 0.15) is 5.75 Å². The molecule has 120 valence electrons. The molecule has 1 aliphatic heterocycles. The molecule has 1 aliphatic carbocycles. The second-order valence-electron chi connectivity index (χ2n) is 6.63. The summed E-state index contributed by atoms with van der Waals surface area (Å²) in [7, 11) is 0. The van der Waals surface area contributed by atoms with E-state index in [-0.39, 0.29) is 17.6 Å². The van der Waals surface area contributed by atoms with E-state index in [0.29, 0.717) is 18.3 Å². The van der Waals surface area contributed by atoms with Crippen molar-refractivity contribution in [1.82, 2.24) is 5.32 Å². The van der Waals surface area contributed by atoms with Crippen LogP contribution in [0.25, 0.3) is 0 Å². The van der Waals surface area contributed by atoms with Crippen LogP contribution in [0.4, 0.5) is 0 Å². The minimum atomic E-state index is 0.135. The topological polar surface area (TPSA) is 58.6 Å². The van der Waals surface area contributed by atoms with Gasteiger partial charge in [-0.25, -0.2) is 0 Å². The predicted molar refractivity (Wildman–Crippen MR) is 84.7 cm³/mol. The fraction of sp³-hybridized carbons (Fsp3) is 0.611. The standard InChI is InChI=1S/C18H25NO3/c20-16-7-5-15(6-8-16)17(14-3-4-14)10-18(21)19-11-13-2-1-9-22-12-13/h5-8,13-14,17,20H,1-4,9-12H2,(H,19,21)/t13-,17-/m0/s1. The molecule has 1 saturated heterocycles. The molecule has 0 unspecified atom stereocenters. The van der Waals surface area contributed by atoms with Gasteiger partial charge in [-0.05, 0) is 61.1 Å². The molecule has 2 atom stereocenters. The normalized spacial score (nSPS) is 23.0. The van der Waals surface area contributed by atoms with Gasteiger partial charge in [-0.3, -0.25) is 4.79 Å². The second kappa shape index (κ2) is 7.14. The minimum absolute atomic E-state index is 0.135. The maximum Gasteiger partial charge on any atom is 0.220 e. The molecule has 1 aromatic carbocycles. The van der Waals surface area contributed by atoms with Gasteiger partial charge in [0.15, 0.2) is 0 Å². The summed E-state index contributed by atoms with van der Waals surface area (Å²) < 4.78 is 5.45. The van der Waals surface area contributed by atoms with Crippen LogP contribution in [0, 0.1) is 11.8 Å². The van der Waals surface area contributed by atoms with Crippen LogP contribution in [0.15, 0.2) is 24.3 Å². The first kappa shape index (κ1) is 15.3. The molecule has 0 bridgehead atoms. The van der Waals surface area contributed by atoms with E-state index >= 15 is 0 Å². The number of phenols is 1. The number of phenolic OH excluding ortho intramolecular Hbond substituents is 1. The summed E-state index contributed by atoms with van der Waals surface area (Å²) in [6, 6.07) is 7.31. The maximum atomic E-state index is 12.3. The fourth-order valence-electron chi connectivity index (χ4n) is 3.28. The van der Waals surface area contributed by atoms with Gasteiger partial charge in [0.05, 0.1) is 6.61 Å². The molecule has 1 saturated carbocycles. The molecule has 0 radical (unpaired) electrons. The van der Waals surface area contributed by atoms with Crippen molar-refractivity contribution < 1.29 is 14.6 Å². The van der Waals surface area contributed by atoms with Gasteiger partial charge < -0.3 is 15.2 Å². The Morgan fingerprint density at radius 1 is 1.27 bits per heavy atom. The number of carbonyl (C=O) groups is 1. The molecule has 2 aliphatic rings. The Hall–Kier alpha value is -1.55. The fourth-order valence-corrected chi connectivity index (χ4v) is 3.28. The Kier molecular flexibility index (Phi) is 4.98. The second-order valence-corrected chi connectivity index (χ2v) is 6.63. The Bertz CT molecular complexity index is 490. The van der Waals surface area contributed by atoms with Gasteiger partial charge in [-0.1, -0.05) is 12.1 Å². The van der Waals surface area contributed by atoms with E-state index in [0.717, 1.165) is 38.2 Å². The Balaban J connectivity index is 1.52. The van der Waals surface area contributed by atoms with E-state index in [9.17, 15) is 9.90 Å². The van der Waals surface area contributed by atoms with E-state index in [1.165, 1.54) is 12.8 Å². The third-order valence-corrected chi connectivity index (χ3v) is 4.76. The molecule has 1 aromatic rings. The number of hydrogen-bond acceptors (Lipinski definition) is 3. The third kappa shape index (κ3) is 4.23. The van der Waals surface area contributed by atoms with Crippen LogP contribution < -0.4 is 5.32 Å². The van der Waals surface area contributed by atoms with Crippen molar-refractivity contribution in [2.45, 2.75) is 38.0 Å². The van der Waals surface area contributed by atoms with Crippen LogP contribution in [0.5, 0.6) is 5.75 Å². The lowest BCUT2D eigenvalue weighted by atomic mass is 9.90. The summed E-state index contributed by atoms with van der Waals surface area (Å²) in [6.07, 6.45) is 5.19. The van der Waals surface area contributed by atoms with Crippen LogP contribution in [0.3, 0.4) is 0 Å². The third-order valence-electron chi connectivity index (χ3n) is 4.76. The number of amides is 1. The lowest BCUT2D eigenvalue weighted by Gasteiger charge is -2.23. The summed E-state index contributed by atoms with van der Waals surface area (Å²) in [5, 5.41) is 12.5. The van der Waals surface area contributed by atoms with Crippen molar-refractivity contribution >= 4 is 5.91 Å². The smallest absolute Gasteiger partial charge is 0.220 e. The Morgan fingerprint density at radius 3 is 2.68 bits per heavy atom. The summed E-state index contributed by atoms with van der Waals surface area (Å²) in [4.78, 5) is 12.3. The number of rotatable bonds is 6. The van der Waals surface area contributed by atoms with Crippen molar-refractivity contribution in [2.75, 3.05) is 19.8 Å². The molecule has 0 spiro atoms. The molecule has 2 fully saturated rings. The number of aromatic hydroxyl groups is 1. The van der Waals surface area contributed by atoms with Crippen molar-refractivity contribution in [2.24, 2.45) is 11.8 Å². The number of nitrogens with one attached hydrogen (secondary N) is 1. The van der Waals surface area contributed by atoms with E-state index in [1.807, 2.05) is 12.1 Å². The van der Waals surface area contributed by atoms with Crippen LogP contribution in [0.1, 0.15) is 43.6 Å². The highest BCUT2D eigenvalue weighted by molar-refractivity contribution is 5.77. The van der Waals surface area contributed by atoms with Gasteiger partial charge in [-0.2, -0.15) is 0 Å². The lowest BCUT2D eigenvalue weighted by Crippen LogP contribution is -2.34. The zero-order chi connectivity index (χ0) is 15.4. The molecule has 1 amide bonds. The zero-order valence-corrected chi connectivity index (χ0v) is 13.0. The van der Waals surface area contributed by atoms with Gasteiger partial charge in [-0.15, -0.1) is 0 Å². The van der Waals surface area contributed by atoms with Crippen molar-refractivity contribution in [3.05, 3.63) is 29.8 Å². The summed E-state index contributed by atoms with van der Waals surface area (Å²) in [5.74, 6) is 1.78. The molecule has 4 heteroatoms. The highest BCUT2D eigenvalue weighted by Gasteiger charge is 2.33. The first-order valence-corrected chi connectivity index (χ1v) is 8.36. The molecular formula is C18H25NO3. The average molecular weight is 303 g/mol. The maximum absolute atomic E-state index is 12.3. The Labute approximate surface area is 131 Å². The van der Waals surface area contributed by atoms with E-state index in [2.05, 4.69) is 5.32 Å². The molecule has 2 N–H and O–H groups in total. The summed E-state index contributed by atoms with van der Waals surface area (Å²) in [5.41, 5.74) is 1.16. The molecular weight excluding hydrogens is 278 g/mol. The van der Waals surface area contributed by atoms with Crippen molar-refractivity contribution in [3.63, 3.8) is 0 Å². The summed E-state index contributed by atoms with van der Waals surface area (Å²) in [6.45, 7) is 2.35. The van der Waals surface area contributed by atoms with E-state index in [4.69, 9.17) is 4.74 Å². The lowest BCUT2D eigenvalue weighted by molar-refractivity contribution is -0.122. The van der Waals surface area contributed by atoms with Gasteiger partial charge in [0.25, 0.3) is 0 Å². The van der Waals surface area contributed by atoms with Gasteiger partial charge in [0, 0.05) is 19.6 Å². The minimum Gasteiger partial charge on any atom is -0.508 e. The largest absolute Gasteiger partial charge is 0.508 e. The molecule has 3 rings (SSSR count). The van der Waals surface area contributed by atoms with E-state index < -0.39 is 0 Å². The van der Waals surface area contributed by atoms with E-state index in [1.54, 1.807) is 12.1 Å². The quantitative estimate of drug-likeness (QED) is 0.849. The number of benzene rings is 1. The highest BCUT2D eigenvalue weighted by atomic mass is 16.5. The molecule has 22 heavy (non-hydrogen) atoms. The highest BCUT2D eigenvalue weighted by Crippen LogP contribution is 2.44. The SMILES string of the molecule is O=C(C[C@H](c1ccc(O)cc1)C1CC1)NC[C@@H]1CCCOC1. The van der Waals surface area contributed by atoms with Crippen molar-refractivity contribution in [3.8, 4) is 5.75 Å². The predicted octanol–water partition coefficient (Wildman–Crippen LogP) is 2.82. The number of ether oxygens (including phenoxy) is 1. The van der Waals surface area contributed by atoms with Crippen LogP contribution >= 0.6 is 0 Å². The van der Waals surface area contributed by atoms with Crippen LogP contribution in [-0.2, 0) is 9.53 Å². The van der Waals surface area contributed by atoms with Gasteiger partial charge >= 0.3 is 0 Å². The first-order chi connectivity index (χ1) is 10.7. The average Bonchev–Trinajstić information content (AvgIpc) is 3.37. The van der Waals surface area contributed by atoms with Crippen molar-refractivity contribution in [1.29, 1.82) is 0 Å². The first-order valence-electron chi connectivity index (χ1n) is 8.36. The number of hydrogen-bond donors (Lipinski definition) is 2. The van der Waals surface area contributed by atoms with Crippen LogP contribution in [-0.4, -0.2) is 30.8 Å². The monoisotopic (exact) mass is 303 g/mol. The zero-order valence-electron chi connectivity index (χ0n) is 13.0. The number of carbonyl (C=O) groups excluding carboxylic acids is 1.